The van der Waals surface area contributed by atoms with E-state index in [1.807, 2.05) is 0 Å². The van der Waals surface area contributed by atoms with Crippen LogP contribution < -0.4 is 5.73 Å². The van der Waals surface area contributed by atoms with E-state index in [0.29, 0.717) is 16.1 Å². The zero-order valence-corrected chi connectivity index (χ0v) is 18.5. The number of carbonyl (C=O) groups is 1. The molecule has 0 bridgehead atoms. The summed E-state index contributed by atoms with van der Waals surface area (Å²) in [5.41, 5.74) is 6.37. The Hall–Kier alpha value is -3.07. The van der Waals surface area contributed by atoms with E-state index in [9.17, 15) is 23.4 Å². The smallest absolute Gasteiger partial charge is 0.404 e. The van der Waals surface area contributed by atoms with Crippen LogP contribution in [-0.2, 0) is 14.6 Å². The molecule has 0 aliphatic rings. The molecule has 1 amide bonds. The Balaban J connectivity index is 1.85. The van der Waals surface area contributed by atoms with E-state index in [1.54, 1.807) is 36.4 Å². The summed E-state index contributed by atoms with van der Waals surface area (Å²) in [5.74, 6) is -0.475. The number of aliphatic hydroxyl groups is 1. The number of ether oxygens (including phenoxy) is 1. The monoisotopic (exact) mass is 475 g/mol. The average Bonchev–Trinajstić information content (AvgIpc) is 2.76. The molecule has 0 heterocycles. The van der Waals surface area contributed by atoms with Gasteiger partial charge in [0.2, 0.25) is 9.84 Å². The van der Waals surface area contributed by atoms with E-state index in [2.05, 4.69) is 0 Å². The lowest BCUT2D eigenvalue weighted by Crippen LogP contribution is -2.19. The molecule has 0 aromatic heterocycles. The predicted molar refractivity (Wildman–Crippen MR) is 119 cm³/mol. The highest BCUT2D eigenvalue weighted by Crippen LogP contribution is 2.31. The van der Waals surface area contributed by atoms with Crippen molar-refractivity contribution < 1.29 is 28.2 Å². The van der Waals surface area contributed by atoms with Crippen molar-refractivity contribution in [2.45, 2.75) is 28.2 Å². The molecule has 168 valence electrons. The molecular formula is C23H22ClNO6S. The molecule has 0 radical (unpaired) electrons. The summed E-state index contributed by atoms with van der Waals surface area (Å²) in [7, 11) is -3.78. The first-order chi connectivity index (χ1) is 15.2. The maximum absolute atomic E-state index is 12.8. The molecule has 0 spiro atoms. The van der Waals surface area contributed by atoms with Crippen LogP contribution >= 0.6 is 11.6 Å². The van der Waals surface area contributed by atoms with Gasteiger partial charge in [-0.05, 0) is 66.1 Å². The minimum absolute atomic E-state index is 0.0325. The molecule has 7 nitrogen and oxygen atoms in total. The molecule has 0 aliphatic carbocycles. The number of hydrogen-bond donors (Lipinski definition) is 3. The van der Waals surface area contributed by atoms with Crippen molar-refractivity contribution >= 4 is 27.5 Å². The van der Waals surface area contributed by atoms with Crippen molar-refractivity contribution in [3.05, 3.63) is 88.9 Å². The van der Waals surface area contributed by atoms with Crippen LogP contribution in [0.2, 0.25) is 5.02 Å². The molecule has 0 saturated heterocycles. The number of rotatable bonds is 8. The number of benzene rings is 3. The van der Waals surface area contributed by atoms with Gasteiger partial charge in [-0.25, -0.2) is 13.2 Å². The Labute approximate surface area is 191 Å². The highest BCUT2D eigenvalue weighted by Gasteiger charge is 2.22. The maximum Gasteiger partial charge on any atom is 0.404 e. The second-order valence-electron chi connectivity index (χ2n) is 7.20. The van der Waals surface area contributed by atoms with Gasteiger partial charge in [-0.2, -0.15) is 0 Å². The van der Waals surface area contributed by atoms with Gasteiger partial charge in [-0.15, -0.1) is 0 Å². The maximum atomic E-state index is 12.8. The van der Waals surface area contributed by atoms with Crippen LogP contribution in [0.5, 0.6) is 5.75 Å². The zero-order valence-electron chi connectivity index (χ0n) is 16.9. The third kappa shape index (κ3) is 5.79. The van der Waals surface area contributed by atoms with Gasteiger partial charge >= 0.3 is 6.09 Å². The molecule has 0 fully saturated rings. The number of carbonyl (C=O) groups excluding carboxylic acids is 1. The van der Waals surface area contributed by atoms with E-state index in [-0.39, 0.29) is 28.6 Å². The second kappa shape index (κ2) is 10.0. The number of hydrogen-bond acceptors (Lipinski definition) is 6. The number of nitrogens with two attached hydrogens (primary N) is 1. The van der Waals surface area contributed by atoms with E-state index in [4.69, 9.17) is 22.1 Å². The standard InChI is InChI=1S/C23H22ClNO6S/c24-18-3-1-2-16(12-18)22(27)13-17(14-31-23(25)28)15-4-8-20(9-5-15)32(29,30)21-10-6-19(26)7-11-21/h1-12,17,22,26-27H,13-14H2,(H2,25,28)/t17?,22-/m1/s1. The SMILES string of the molecule is NC(=O)OCC(C[C@@H](O)c1cccc(Cl)c1)c1ccc(S(=O)(=O)c2ccc(O)cc2)cc1. The normalized spacial score (nSPS) is 13.3. The molecule has 0 aliphatic heterocycles. The summed E-state index contributed by atoms with van der Waals surface area (Å²) in [6.45, 7) is -0.0863. The summed E-state index contributed by atoms with van der Waals surface area (Å²) >= 11 is 6.00. The average molecular weight is 476 g/mol. The summed E-state index contributed by atoms with van der Waals surface area (Å²) in [4.78, 5) is 11.2. The molecular weight excluding hydrogens is 454 g/mol. The van der Waals surface area contributed by atoms with Crippen molar-refractivity contribution in [1.82, 2.24) is 0 Å². The molecule has 9 heteroatoms. The van der Waals surface area contributed by atoms with Crippen LogP contribution in [0.3, 0.4) is 0 Å². The van der Waals surface area contributed by atoms with Gasteiger partial charge in [0.1, 0.15) is 12.4 Å². The molecule has 3 aromatic carbocycles. The molecule has 4 N–H and O–H groups in total. The van der Waals surface area contributed by atoms with Crippen LogP contribution in [-0.4, -0.2) is 31.3 Å². The van der Waals surface area contributed by atoms with Crippen molar-refractivity contribution in [3.8, 4) is 5.75 Å². The lowest BCUT2D eigenvalue weighted by atomic mass is 9.91. The van der Waals surface area contributed by atoms with E-state index >= 15 is 0 Å². The Bertz CT molecular complexity index is 1180. The Kier molecular flexibility index (Phi) is 7.40. The molecule has 3 rings (SSSR count). The number of amides is 1. The third-order valence-electron chi connectivity index (χ3n) is 4.98. The van der Waals surface area contributed by atoms with E-state index < -0.39 is 28.0 Å². The molecule has 0 saturated carbocycles. The van der Waals surface area contributed by atoms with Crippen LogP contribution in [0.1, 0.15) is 29.6 Å². The lowest BCUT2D eigenvalue weighted by Gasteiger charge is -2.21. The van der Waals surface area contributed by atoms with Gasteiger partial charge in [0.25, 0.3) is 0 Å². The van der Waals surface area contributed by atoms with Crippen molar-refractivity contribution in [2.24, 2.45) is 5.73 Å². The van der Waals surface area contributed by atoms with Gasteiger partial charge in [0.05, 0.1) is 15.9 Å². The fourth-order valence-electron chi connectivity index (χ4n) is 3.28. The summed E-state index contributed by atoms with van der Waals surface area (Å²) in [6, 6.07) is 18.1. The highest BCUT2D eigenvalue weighted by molar-refractivity contribution is 7.91. The number of primary amides is 1. The Morgan fingerprint density at radius 3 is 2.12 bits per heavy atom. The summed E-state index contributed by atoms with van der Waals surface area (Å²) < 4.78 is 30.6. The number of aliphatic hydroxyl groups excluding tert-OH is 1. The molecule has 3 aromatic rings. The quantitative estimate of drug-likeness (QED) is 0.448. The van der Waals surface area contributed by atoms with Crippen LogP contribution in [0.15, 0.2) is 82.6 Å². The first kappa shape index (κ1) is 23.6. The Morgan fingerprint density at radius 2 is 1.56 bits per heavy atom. The fraction of sp³-hybridized carbons (Fsp3) is 0.174. The van der Waals surface area contributed by atoms with Crippen LogP contribution in [0.4, 0.5) is 4.79 Å². The predicted octanol–water partition coefficient (Wildman–Crippen LogP) is 4.18. The Morgan fingerprint density at radius 1 is 0.969 bits per heavy atom. The van der Waals surface area contributed by atoms with Crippen molar-refractivity contribution in [2.75, 3.05) is 6.61 Å². The van der Waals surface area contributed by atoms with E-state index in [0.717, 1.165) is 0 Å². The van der Waals surface area contributed by atoms with Crippen LogP contribution in [0, 0.1) is 0 Å². The number of phenolic OH excluding ortho intramolecular Hbond substituents is 1. The third-order valence-corrected chi connectivity index (χ3v) is 7.00. The van der Waals surface area contributed by atoms with Crippen molar-refractivity contribution in [3.63, 3.8) is 0 Å². The number of sulfone groups is 1. The lowest BCUT2D eigenvalue weighted by molar-refractivity contribution is 0.118. The first-order valence-electron chi connectivity index (χ1n) is 9.66. The van der Waals surface area contributed by atoms with Crippen LogP contribution in [0.25, 0.3) is 0 Å². The fourth-order valence-corrected chi connectivity index (χ4v) is 4.74. The van der Waals surface area contributed by atoms with Gasteiger partial charge in [-0.1, -0.05) is 35.9 Å². The first-order valence-corrected chi connectivity index (χ1v) is 11.5. The topological polar surface area (TPSA) is 127 Å². The van der Waals surface area contributed by atoms with Crippen molar-refractivity contribution in [1.29, 1.82) is 0 Å². The molecule has 1 unspecified atom stereocenters. The van der Waals surface area contributed by atoms with E-state index in [1.165, 1.54) is 36.4 Å². The zero-order chi connectivity index (χ0) is 23.3. The number of phenols is 1. The minimum Gasteiger partial charge on any atom is -0.508 e. The van der Waals surface area contributed by atoms with Gasteiger partial charge in [-0.3, -0.25) is 0 Å². The van der Waals surface area contributed by atoms with Gasteiger partial charge in [0.15, 0.2) is 0 Å². The second-order valence-corrected chi connectivity index (χ2v) is 9.59. The summed E-state index contributed by atoms with van der Waals surface area (Å²) in [5, 5.41) is 20.5. The summed E-state index contributed by atoms with van der Waals surface area (Å²) in [6.07, 6.45) is -1.65. The minimum atomic E-state index is -3.78. The molecule has 2 atom stereocenters. The van der Waals surface area contributed by atoms with Gasteiger partial charge < -0.3 is 20.7 Å². The number of aromatic hydroxyl groups is 1. The number of halogens is 1. The largest absolute Gasteiger partial charge is 0.508 e. The highest BCUT2D eigenvalue weighted by atomic mass is 35.5. The van der Waals surface area contributed by atoms with Gasteiger partial charge in [0, 0.05) is 10.9 Å². The molecule has 32 heavy (non-hydrogen) atoms.